The van der Waals surface area contributed by atoms with Gasteiger partial charge in [0.2, 0.25) is 0 Å². The van der Waals surface area contributed by atoms with Gasteiger partial charge < -0.3 is 10.2 Å². The van der Waals surface area contributed by atoms with E-state index in [9.17, 15) is 0 Å². The van der Waals surface area contributed by atoms with Crippen molar-refractivity contribution in [3.05, 3.63) is 35.9 Å². The van der Waals surface area contributed by atoms with Crippen molar-refractivity contribution in [2.45, 2.75) is 56.5 Å². The molecule has 1 aliphatic heterocycles. The van der Waals surface area contributed by atoms with E-state index in [1.54, 1.807) is 0 Å². The lowest BCUT2D eigenvalue weighted by atomic mass is 9.80. The van der Waals surface area contributed by atoms with E-state index in [0.29, 0.717) is 6.04 Å². The monoisotopic (exact) mass is 272 g/mol. The van der Waals surface area contributed by atoms with Crippen molar-refractivity contribution in [3.8, 4) is 0 Å². The van der Waals surface area contributed by atoms with Crippen LogP contribution in [-0.4, -0.2) is 37.1 Å². The quantitative estimate of drug-likeness (QED) is 0.904. The fraction of sp³-hybridized carbons (Fsp3) is 0.667. The maximum atomic E-state index is 3.90. The number of benzene rings is 1. The van der Waals surface area contributed by atoms with Crippen molar-refractivity contribution < 1.29 is 0 Å². The average Bonchev–Trinajstić information content (AvgIpc) is 2.92. The van der Waals surface area contributed by atoms with Gasteiger partial charge in [0.25, 0.3) is 0 Å². The third-order valence-corrected chi connectivity index (χ3v) is 5.28. The van der Waals surface area contributed by atoms with Crippen LogP contribution in [0.15, 0.2) is 30.3 Å². The minimum atomic E-state index is 0.681. The molecule has 1 heterocycles. The van der Waals surface area contributed by atoms with Gasteiger partial charge in [0.15, 0.2) is 0 Å². The van der Waals surface area contributed by atoms with E-state index < -0.39 is 0 Å². The number of rotatable bonds is 4. The lowest BCUT2D eigenvalue weighted by Crippen LogP contribution is -2.44. The van der Waals surface area contributed by atoms with Crippen molar-refractivity contribution in [2.24, 2.45) is 0 Å². The molecule has 1 aliphatic carbocycles. The van der Waals surface area contributed by atoms with Crippen molar-refractivity contribution in [3.63, 3.8) is 0 Å². The summed E-state index contributed by atoms with van der Waals surface area (Å²) < 4.78 is 0. The van der Waals surface area contributed by atoms with E-state index in [1.807, 2.05) is 0 Å². The molecule has 1 N–H and O–H groups in total. The molecule has 2 heteroatoms. The topological polar surface area (TPSA) is 15.3 Å². The number of likely N-dealkylation sites (tertiary alicyclic amines) is 1. The van der Waals surface area contributed by atoms with Crippen molar-refractivity contribution in [2.75, 3.05) is 20.1 Å². The van der Waals surface area contributed by atoms with Gasteiger partial charge in [-0.1, -0.05) is 43.2 Å². The predicted octanol–water partition coefficient (Wildman–Crippen LogP) is 3.40. The first-order valence-electron chi connectivity index (χ1n) is 8.33. The third-order valence-electron chi connectivity index (χ3n) is 5.28. The Bertz CT molecular complexity index is 403. The van der Waals surface area contributed by atoms with Gasteiger partial charge in [0.05, 0.1) is 0 Å². The summed E-state index contributed by atoms with van der Waals surface area (Å²) in [7, 11) is 2.27. The van der Waals surface area contributed by atoms with E-state index in [-0.39, 0.29) is 0 Å². The molecule has 0 amide bonds. The standard InChI is InChI=1S/C18H28N2/c1-20-13-7-10-16(20)14-19-18-12-6-5-11-17(18)15-8-3-2-4-9-15/h2-4,8-9,16-19H,5-7,10-14H2,1H3. The zero-order chi connectivity index (χ0) is 13.8. The SMILES string of the molecule is CN1CCCC1CNC1CCCCC1c1ccccc1. The molecule has 3 unspecified atom stereocenters. The second-order valence-electron chi connectivity index (χ2n) is 6.59. The zero-order valence-electron chi connectivity index (χ0n) is 12.7. The fourth-order valence-corrected chi connectivity index (χ4v) is 4.00. The summed E-state index contributed by atoms with van der Waals surface area (Å²) in [5.41, 5.74) is 1.53. The summed E-state index contributed by atoms with van der Waals surface area (Å²) in [4.78, 5) is 2.52. The Kier molecular flexibility index (Phi) is 4.74. The van der Waals surface area contributed by atoms with Crippen LogP contribution in [0.3, 0.4) is 0 Å². The highest BCUT2D eigenvalue weighted by Crippen LogP contribution is 2.33. The Morgan fingerprint density at radius 1 is 1.05 bits per heavy atom. The summed E-state index contributed by atoms with van der Waals surface area (Å²) in [6.45, 7) is 2.45. The lowest BCUT2D eigenvalue weighted by molar-refractivity contribution is 0.263. The summed E-state index contributed by atoms with van der Waals surface area (Å²) in [5.74, 6) is 0.719. The van der Waals surface area contributed by atoms with Gasteiger partial charge in [0, 0.05) is 18.6 Å². The molecule has 2 aliphatic rings. The molecule has 1 aromatic rings. The Morgan fingerprint density at radius 2 is 1.85 bits per heavy atom. The lowest BCUT2D eigenvalue weighted by Gasteiger charge is -2.34. The van der Waals surface area contributed by atoms with Crippen molar-refractivity contribution in [1.82, 2.24) is 10.2 Å². The van der Waals surface area contributed by atoms with E-state index in [2.05, 4.69) is 47.6 Å². The molecule has 110 valence electrons. The molecule has 1 saturated carbocycles. The first-order valence-corrected chi connectivity index (χ1v) is 8.33. The van der Waals surface area contributed by atoms with E-state index in [0.717, 1.165) is 12.0 Å². The van der Waals surface area contributed by atoms with Crippen LogP contribution in [0, 0.1) is 0 Å². The Balaban J connectivity index is 1.61. The molecule has 0 spiro atoms. The molecule has 0 aromatic heterocycles. The van der Waals surface area contributed by atoms with Crippen LogP contribution in [0.1, 0.15) is 50.0 Å². The number of hydrogen-bond acceptors (Lipinski definition) is 2. The van der Waals surface area contributed by atoms with Crippen LogP contribution in [0.5, 0.6) is 0 Å². The van der Waals surface area contributed by atoms with Gasteiger partial charge >= 0.3 is 0 Å². The number of nitrogens with zero attached hydrogens (tertiary/aromatic N) is 1. The zero-order valence-corrected chi connectivity index (χ0v) is 12.7. The highest BCUT2D eigenvalue weighted by Gasteiger charge is 2.28. The summed E-state index contributed by atoms with van der Waals surface area (Å²) in [6.07, 6.45) is 8.21. The molecule has 0 radical (unpaired) electrons. The predicted molar refractivity (Wildman–Crippen MR) is 85.1 cm³/mol. The summed E-state index contributed by atoms with van der Waals surface area (Å²) in [6, 6.07) is 12.6. The molecule has 20 heavy (non-hydrogen) atoms. The normalized spacial score (nSPS) is 31.6. The Morgan fingerprint density at radius 3 is 2.60 bits per heavy atom. The van der Waals surface area contributed by atoms with E-state index in [4.69, 9.17) is 0 Å². The minimum Gasteiger partial charge on any atom is -0.312 e. The first-order chi connectivity index (χ1) is 9.84. The van der Waals surface area contributed by atoms with Crippen LogP contribution in [0.25, 0.3) is 0 Å². The molecule has 0 bridgehead atoms. The van der Waals surface area contributed by atoms with Gasteiger partial charge in [-0.15, -0.1) is 0 Å². The van der Waals surface area contributed by atoms with Crippen LogP contribution < -0.4 is 5.32 Å². The molecule has 1 saturated heterocycles. The largest absolute Gasteiger partial charge is 0.312 e. The van der Waals surface area contributed by atoms with Gasteiger partial charge in [-0.2, -0.15) is 0 Å². The first kappa shape index (κ1) is 14.1. The highest BCUT2D eigenvalue weighted by atomic mass is 15.2. The van der Waals surface area contributed by atoms with Crippen LogP contribution in [0.2, 0.25) is 0 Å². The van der Waals surface area contributed by atoms with Gasteiger partial charge in [-0.25, -0.2) is 0 Å². The van der Waals surface area contributed by atoms with Crippen LogP contribution in [-0.2, 0) is 0 Å². The maximum absolute atomic E-state index is 3.90. The molecule has 1 aromatic carbocycles. The maximum Gasteiger partial charge on any atom is 0.0218 e. The second kappa shape index (κ2) is 6.73. The van der Waals surface area contributed by atoms with E-state index >= 15 is 0 Å². The Hall–Kier alpha value is -0.860. The van der Waals surface area contributed by atoms with Crippen molar-refractivity contribution in [1.29, 1.82) is 0 Å². The minimum absolute atomic E-state index is 0.681. The molecule has 2 fully saturated rings. The van der Waals surface area contributed by atoms with Crippen LogP contribution in [0.4, 0.5) is 0 Å². The highest BCUT2D eigenvalue weighted by molar-refractivity contribution is 5.22. The molecule has 3 rings (SSSR count). The van der Waals surface area contributed by atoms with Gasteiger partial charge in [-0.3, -0.25) is 0 Å². The molecular weight excluding hydrogens is 244 g/mol. The third kappa shape index (κ3) is 3.24. The smallest absolute Gasteiger partial charge is 0.0218 e. The molecule has 3 atom stereocenters. The van der Waals surface area contributed by atoms with Gasteiger partial charge in [-0.05, 0) is 50.8 Å². The van der Waals surface area contributed by atoms with Crippen LogP contribution >= 0.6 is 0 Å². The fourth-order valence-electron chi connectivity index (χ4n) is 4.00. The summed E-state index contributed by atoms with van der Waals surface area (Å²) >= 11 is 0. The van der Waals surface area contributed by atoms with Gasteiger partial charge in [0.1, 0.15) is 0 Å². The average molecular weight is 272 g/mol. The van der Waals surface area contributed by atoms with Crippen molar-refractivity contribution >= 4 is 0 Å². The van der Waals surface area contributed by atoms with E-state index in [1.165, 1.54) is 57.2 Å². The number of hydrogen-bond donors (Lipinski definition) is 1. The number of nitrogens with one attached hydrogen (secondary N) is 1. The Labute approximate surface area is 123 Å². The second-order valence-corrected chi connectivity index (χ2v) is 6.59. The molecule has 2 nitrogen and oxygen atoms in total. The number of likely N-dealkylation sites (N-methyl/N-ethyl adjacent to an activating group) is 1. The molecular formula is C18H28N2. The summed E-state index contributed by atoms with van der Waals surface area (Å²) in [5, 5.41) is 3.90.